The van der Waals surface area contributed by atoms with E-state index in [9.17, 15) is 0 Å². The fraction of sp³-hybridized carbons (Fsp3) is 0.800. The van der Waals surface area contributed by atoms with E-state index in [1.807, 2.05) is 0 Å². The van der Waals surface area contributed by atoms with Crippen LogP contribution in [0, 0.1) is 6.92 Å². The van der Waals surface area contributed by atoms with Crippen molar-refractivity contribution in [2.45, 2.75) is 50.8 Å². The molecule has 1 aliphatic carbocycles. The second kappa shape index (κ2) is 5.04. The van der Waals surface area contributed by atoms with Crippen LogP contribution in [-0.2, 0) is 4.74 Å². The number of fused-ring (bicyclic) bond motifs is 1. The van der Waals surface area contributed by atoms with Gasteiger partial charge in [-0.15, -0.1) is 0 Å². The first-order valence-electron chi connectivity index (χ1n) is 7.94. The fourth-order valence-electron chi connectivity index (χ4n) is 3.49. The highest BCUT2D eigenvalue weighted by molar-refractivity contribution is 5.30. The van der Waals surface area contributed by atoms with Gasteiger partial charge in [0.2, 0.25) is 5.95 Å². The number of rotatable bonds is 4. The van der Waals surface area contributed by atoms with E-state index in [2.05, 4.69) is 32.9 Å². The van der Waals surface area contributed by atoms with Crippen molar-refractivity contribution >= 4 is 5.95 Å². The molecule has 4 rings (SSSR count). The van der Waals surface area contributed by atoms with E-state index >= 15 is 0 Å². The van der Waals surface area contributed by atoms with Crippen molar-refractivity contribution in [1.29, 1.82) is 0 Å². The van der Waals surface area contributed by atoms with Crippen molar-refractivity contribution in [2.24, 2.45) is 0 Å². The third kappa shape index (κ3) is 2.44. The first-order chi connectivity index (χ1) is 9.79. The largest absolute Gasteiger partial charge is 0.373 e. The lowest BCUT2D eigenvalue weighted by Gasteiger charge is -2.35. The molecule has 2 saturated heterocycles. The van der Waals surface area contributed by atoms with E-state index in [4.69, 9.17) is 4.74 Å². The molecule has 3 heterocycles. The predicted molar refractivity (Wildman–Crippen MR) is 78.1 cm³/mol. The monoisotopic (exact) mass is 276 g/mol. The molecule has 2 unspecified atom stereocenters. The van der Waals surface area contributed by atoms with E-state index in [0.717, 1.165) is 31.3 Å². The third-order valence-electron chi connectivity index (χ3n) is 4.74. The minimum absolute atomic E-state index is 0.300. The number of ether oxygens (including phenoxy) is 1. The van der Waals surface area contributed by atoms with Crippen molar-refractivity contribution < 1.29 is 4.74 Å². The topological polar surface area (TPSA) is 42.3 Å². The molecule has 1 aromatic rings. The zero-order valence-corrected chi connectivity index (χ0v) is 12.2. The quantitative estimate of drug-likeness (QED) is 0.910. The first-order valence-corrected chi connectivity index (χ1v) is 7.94. The average molecular weight is 276 g/mol. The van der Waals surface area contributed by atoms with E-state index < -0.39 is 0 Å². The summed E-state index contributed by atoms with van der Waals surface area (Å²) in [4.78, 5) is 7.20. The van der Waals surface area contributed by atoms with Crippen molar-refractivity contribution in [3.8, 4) is 0 Å². The van der Waals surface area contributed by atoms with Gasteiger partial charge in [0, 0.05) is 31.4 Å². The number of nitrogens with one attached hydrogen (secondary N) is 1. The summed E-state index contributed by atoms with van der Waals surface area (Å²) in [6.45, 7) is 6.16. The molecular formula is C15H24N4O. The molecule has 1 saturated carbocycles. The smallest absolute Gasteiger partial charge is 0.203 e. The Kier molecular flexibility index (Phi) is 3.19. The molecule has 0 amide bonds. The summed E-state index contributed by atoms with van der Waals surface area (Å²) in [6, 6.07) is 1.36. The Bertz CT molecular complexity index is 482. The number of aromatic nitrogens is 2. The summed E-state index contributed by atoms with van der Waals surface area (Å²) in [6.07, 6.45) is 7.69. The number of morpholine rings is 1. The van der Waals surface area contributed by atoms with Crippen molar-refractivity contribution in [3.63, 3.8) is 0 Å². The molecule has 3 aliphatic rings. The van der Waals surface area contributed by atoms with Gasteiger partial charge < -0.3 is 14.6 Å². The normalized spacial score (nSPS) is 30.4. The van der Waals surface area contributed by atoms with Gasteiger partial charge in [0.1, 0.15) is 0 Å². The number of imidazole rings is 1. The molecule has 1 N–H and O–H groups in total. The number of hydrogen-bond acceptors (Lipinski definition) is 4. The Balaban J connectivity index is 1.36. The maximum atomic E-state index is 6.00. The number of nitrogens with zero attached hydrogens (tertiary/aromatic N) is 3. The minimum atomic E-state index is 0.300. The van der Waals surface area contributed by atoms with Crippen LogP contribution in [0.15, 0.2) is 6.20 Å². The second-order valence-electron chi connectivity index (χ2n) is 6.47. The van der Waals surface area contributed by atoms with Gasteiger partial charge in [0.15, 0.2) is 0 Å². The van der Waals surface area contributed by atoms with Gasteiger partial charge in [0.05, 0.1) is 18.4 Å². The van der Waals surface area contributed by atoms with Crippen LogP contribution in [0.3, 0.4) is 0 Å². The maximum absolute atomic E-state index is 6.00. The Morgan fingerprint density at radius 3 is 3.10 bits per heavy atom. The van der Waals surface area contributed by atoms with Crippen LogP contribution < -0.4 is 5.32 Å². The van der Waals surface area contributed by atoms with Crippen LogP contribution in [-0.4, -0.2) is 52.8 Å². The van der Waals surface area contributed by atoms with Crippen LogP contribution in [0.2, 0.25) is 0 Å². The zero-order valence-electron chi connectivity index (χ0n) is 12.2. The summed E-state index contributed by atoms with van der Waals surface area (Å²) in [5.41, 5.74) is 1.10. The van der Waals surface area contributed by atoms with Gasteiger partial charge in [-0.3, -0.25) is 4.90 Å². The van der Waals surface area contributed by atoms with E-state index in [1.165, 1.54) is 32.2 Å². The molecule has 0 radical (unpaired) electrons. The summed E-state index contributed by atoms with van der Waals surface area (Å²) < 4.78 is 8.30. The SMILES string of the molecule is Cc1cn(C2CC2)c(NCC2CN3CCCC3CO2)n1. The van der Waals surface area contributed by atoms with E-state index in [0.29, 0.717) is 18.2 Å². The van der Waals surface area contributed by atoms with Gasteiger partial charge in [0.25, 0.3) is 0 Å². The Morgan fingerprint density at radius 2 is 2.25 bits per heavy atom. The fourth-order valence-corrected chi connectivity index (χ4v) is 3.49. The summed E-state index contributed by atoms with van der Waals surface area (Å²) in [5, 5.41) is 3.51. The van der Waals surface area contributed by atoms with E-state index in [-0.39, 0.29) is 0 Å². The third-order valence-corrected chi connectivity index (χ3v) is 4.74. The van der Waals surface area contributed by atoms with Crippen molar-refractivity contribution in [2.75, 3.05) is 31.6 Å². The Hall–Kier alpha value is -1.07. The lowest BCUT2D eigenvalue weighted by Crippen LogP contribution is -2.48. The van der Waals surface area contributed by atoms with Crippen LogP contribution in [0.1, 0.15) is 37.4 Å². The Morgan fingerprint density at radius 1 is 1.35 bits per heavy atom. The standard InChI is InChI=1S/C15H24N4O/c1-11-8-19(12-4-5-12)15(17-11)16-7-14-9-18-6-2-3-13(18)10-20-14/h8,12-14H,2-7,9-10H2,1H3,(H,16,17). The van der Waals surface area contributed by atoms with Crippen LogP contribution >= 0.6 is 0 Å². The molecule has 5 heteroatoms. The molecular weight excluding hydrogens is 252 g/mol. The van der Waals surface area contributed by atoms with Gasteiger partial charge in [-0.25, -0.2) is 4.98 Å². The van der Waals surface area contributed by atoms with Gasteiger partial charge in [-0.05, 0) is 39.2 Å². The molecule has 0 bridgehead atoms. The van der Waals surface area contributed by atoms with Crippen molar-refractivity contribution in [1.82, 2.24) is 14.5 Å². The van der Waals surface area contributed by atoms with Crippen LogP contribution in [0.4, 0.5) is 5.95 Å². The lowest BCUT2D eigenvalue weighted by atomic mass is 10.2. The van der Waals surface area contributed by atoms with Gasteiger partial charge in [-0.1, -0.05) is 0 Å². The Labute approximate surface area is 120 Å². The zero-order chi connectivity index (χ0) is 13.5. The second-order valence-corrected chi connectivity index (χ2v) is 6.47. The average Bonchev–Trinajstić information content (AvgIpc) is 3.06. The first kappa shape index (κ1) is 12.7. The summed E-state index contributed by atoms with van der Waals surface area (Å²) in [5.74, 6) is 1.03. The molecule has 3 fully saturated rings. The van der Waals surface area contributed by atoms with E-state index in [1.54, 1.807) is 0 Å². The molecule has 2 atom stereocenters. The molecule has 0 aromatic carbocycles. The summed E-state index contributed by atoms with van der Waals surface area (Å²) in [7, 11) is 0. The van der Waals surface area contributed by atoms with Crippen LogP contribution in [0.25, 0.3) is 0 Å². The maximum Gasteiger partial charge on any atom is 0.203 e. The minimum Gasteiger partial charge on any atom is -0.373 e. The molecule has 20 heavy (non-hydrogen) atoms. The highest BCUT2D eigenvalue weighted by atomic mass is 16.5. The molecule has 5 nitrogen and oxygen atoms in total. The molecule has 0 spiro atoms. The number of anilines is 1. The molecule has 2 aliphatic heterocycles. The highest BCUT2D eigenvalue weighted by Gasteiger charge is 2.32. The van der Waals surface area contributed by atoms with Gasteiger partial charge >= 0.3 is 0 Å². The molecule has 110 valence electrons. The highest BCUT2D eigenvalue weighted by Crippen LogP contribution is 2.37. The van der Waals surface area contributed by atoms with Crippen molar-refractivity contribution in [3.05, 3.63) is 11.9 Å². The lowest BCUT2D eigenvalue weighted by molar-refractivity contribution is -0.0416. The molecule has 1 aromatic heterocycles. The predicted octanol–water partition coefficient (Wildman–Crippen LogP) is 1.80. The number of aryl methyl sites for hydroxylation is 1. The summed E-state index contributed by atoms with van der Waals surface area (Å²) >= 11 is 0. The van der Waals surface area contributed by atoms with Crippen LogP contribution in [0.5, 0.6) is 0 Å². The number of hydrogen-bond donors (Lipinski definition) is 1. The van der Waals surface area contributed by atoms with Gasteiger partial charge in [-0.2, -0.15) is 0 Å².